The molecule has 0 fully saturated rings. The molecule has 3 rings (SSSR count). The van der Waals surface area contributed by atoms with Crippen LogP contribution in [-0.2, 0) is 0 Å². The van der Waals surface area contributed by atoms with Crippen LogP contribution < -0.4 is 15.8 Å². The molecule has 1 amide bonds. The summed E-state index contributed by atoms with van der Waals surface area (Å²) in [6, 6.07) is 11.5. The number of aromatic nitrogens is 1. The summed E-state index contributed by atoms with van der Waals surface area (Å²) >= 11 is 12.3. The second-order valence-corrected chi connectivity index (χ2v) is 8.77. The van der Waals surface area contributed by atoms with Crippen LogP contribution in [0.1, 0.15) is 42.8 Å². The van der Waals surface area contributed by atoms with Gasteiger partial charge in [0.05, 0.1) is 5.02 Å². The fraction of sp³-hybridized carbons (Fsp3) is 0.308. The molecule has 6 nitrogen and oxygen atoms in total. The summed E-state index contributed by atoms with van der Waals surface area (Å²) in [6.45, 7) is 9.18. The molecule has 3 aromatic rings. The lowest BCUT2D eigenvalue weighted by Crippen LogP contribution is -2.34. The molecule has 186 valence electrons. The number of hydrogen-bond donors (Lipinski definition) is 2. The Morgan fingerprint density at radius 3 is 2.49 bits per heavy atom. The molecule has 0 spiro atoms. The van der Waals surface area contributed by atoms with Gasteiger partial charge < -0.3 is 20.7 Å². The Bertz CT molecular complexity index is 1170. The van der Waals surface area contributed by atoms with Crippen LogP contribution in [0.25, 0.3) is 11.1 Å². The summed E-state index contributed by atoms with van der Waals surface area (Å²) in [6.07, 6.45) is 0.946. The molecule has 3 N–H and O–H groups in total. The van der Waals surface area contributed by atoms with Crippen LogP contribution >= 0.6 is 23.2 Å². The summed E-state index contributed by atoms with van der Waals surface area (Å²) in [4.78, 5) is 18.9. The van der Waals surface area contributed by atoms with Gasteiger partial charge in [0.15, 0.2) is 11.6 Å². The third-order valence-electron chi connectivity index (χ3n) is 5.76. The normalized spacial score (nSPS) is 12.0. The van der Waals surface area contributed by atoms with E-state index in [0.29, 0.717) is 23.4 Å². The van der Waals surface area contributed by atoms with Gasteiger partial charge in [-0.2, -0.15) is 0 Å². The molecule has 1 heterocycles. The quantitative estimate of drug-likeness (QED) is 0.322. The summed E-state index contributed by atoms with van der Waals surface area (Å²) < 4.78 is 19.9. The molecule has 0 aliphatic carbocycles. The number of nitrogens with one attached hydrogen (secondary N) is 1. The second kappa shape index (κ2) is 12.2. The van der Waals surface area contributed by atoms with E-state index in [1.165, 1.54) is 12.1 Å². The highest BCUT2D eigenvalue weighted by atomic mass is 35.5. The Morgan fingerprint density at radius 1 is 1.14 bits per heavy atom. The minimum absolute atomic E-state index is 0.0985. The predicted molar refractivity (Wildman–Crippen MR) is 140 cm³/mol. The number of pyridine rings is 1. The smallest absolute Gasteiger partial charge is 0.251 e. The molecule has 9 heteroatoms. The molecular formula is C26H29Cl2FN4O2. The van der Waals surface area contributed by atoms with Gasteiger partial charge in [0, 0.05) is 41.0 Å². The highest BCUT2D eigenvalue weighted by Crippen LogP contribution is 2.37. The van der Waals surface area contributed by atoms with Gasteiger partial charge in [-0.25, -0.2) is 9.37 Å². The van der Waals surface area contributed by atoms with Crippen molar-refractivity contribution >= 4 is 34.9 Å². The van der Waals surface area contributed by atoms with Crippen molar-refractivity contribution in [2.24, 2.45) is 0 Å². The fourth-order valence-corrected chi connectivity index (χ4v) is 4.33. The van der Waals surface area contributed by atoms with Crippen LogP contribution in [0, 0.1) is 5.82 Å². The van der Waals surface area contributed by atoms with Crippen molar-refractivity contribution < 1.29 is 13.9 Å². The van der Waals surface area contributed by atoms with Crippen molar-refractivity contribution in [1.82, 2.24) is 15.2 Å². The number of likely N-dealkylation sites (N-methyl/N-ethyl adjacent to an activating group) is 1. The molecule has 1 atom stereocenters. The first-order valence-corrected chi connectivity index (χ1v) is 12.2. The number of ether oxygens (including phenoxy) is 1. The van der Waals surface area contributed by atoms with Crippen molar-refractivity contribution in [2.45, 2.75) is 26.9 Å². The zero-order valence-electron chi connectivity index (χ0n) is 19.9. The third-order valence-corrected chi connectivity index (χ3v) is 6.47. The maximum Gasteiger partial charge on any atom is 0.251 e. The number of hydrogen-bond acceptors (Lipinski definition) is 5. The number of halogens is 3. The summed E-state index contributed by atoms with van der Waals surface area (Å²) in [7, 11) is 0. The van der Waals surface area contributed by atoms with E-state index in [1.54, 1.807) is 31.3 Å². The van der Waals surface area contributed by atoms with Crippen molar-refractivity contribution in [2.75, 3.05) is 31.9 Å². The van der Waals surface area contributed by atoms with Crippen LogP contribution in [0.4, 0.5) is 10.2 Å². The van der Waals surface area contributed by atoms with Crippen LogP contribution in [0.15, 0.2) is 48.7 Å². The van der Waals surface area contributed by atoms with E-state index < -0.39 is 11.9 Å². The SMILES string of the molecule is CCN(CC)CCNC(=O)c1ccc(-c2cnc(N)c(OC(C)c3c(Cl)ccc(F)c3Cl)c2)cc1. The number of nitrogens with two attached hydrogens (primary N) is 1. The average molecular weight is 519 g/mol. The zero-order valence-corrected chi connectivity index (χ0v) is 21.5. The standard InChI is InChI=1S/C26H29Cl2FN4O2/c1-4-33(5-2)13-12-31-26(34)18-8-6-17(7-9-18)19-14-22(25(30)32-15-19)35-16(3)23-20(27)10-11-21(29)24(23)28/h6-11,14-16H,4-5,12-13H2,1-3H3,(H2,30,32)(H,31,34). The number of nitrogens with zero attached hydrogens (tertiary/aromatic N) is 2. The summed E-state index contributed by atoms with van der Waals surface area (Å²) in [5.74, 6) is -0.225. The molecule has 35 heavy (non-hydrogen) atoms. The topological polar surface area (TPSA) is 80.5 Å². The zero-order chi connectivity index (χ0) is 25.5. The summed E-state index contributed by atoms with van der Waals surface area (Å²) in [5.41, 5.74) is 8.49. The lowest BCUT2D eigenvalue weighted by Gasteiger charge is -2.19. The highest BCUT2D eigenvalue weighted by Gasteiger charge is 2.20. The molecule has 0 bridgehead atoms. The van der Waals surface area contributed by atoms with E-state index in [1.807, 2.05) is 12.1 Å². The fourth-order valence-electron chi connectivity index (χ4n) is 3.66. The number of amides is 1. The first kappa shape index (κ1) is 26.7. The number of nitrogen functional groups attached to an aromatic ring is 1. The second-order valence-electron chi connectivity index (χ2n) is 7.98. The minimum atomic E-state index is -0.674. The van der Waals surface area contributed by atoms with Gasteiger partial charge in [0.1, 0.15) is 11.9 Å². The molecule has 0 saturated heterocycles. The van der Waals surface area contributed by atoms with Gasteiger partial charge in [0.2, 0.25) is 0 Å². The number of carbonyl (C=O) groups is 1. The minimum Gasteiger partial charge on any atom is -0.482 e. The third kappa shape index (κ3) is 6.63. The van der Waals surface area contributed by atoms with E-state index in [2.05, 4.69) is 29.0 Å². The van der Waals surface area contributed by atoms with E-state index in [0.717, 1.165) is 30.8 Å². The van der Waals surface area contributed by atoms with E-state index in [4.69, 9.17) is 33.7 Å². The Balaban J connectivity index is 1.73. The van der Waals surface area contributed by atoms with Crippen LogP contribution in [-0.4, -0.2) is 42.0 Å². The van der Waals surface area contributed by atoms with Gasteiger partial charge in [-0.05, 0) is 55.9 Å². The lowest BCUT2D eigenvalue weighted by molar-refractivity contribution is 0.0949. The maximum atomic E-state index is 13.9. The van der Waals surface area contributed by atoms with Gasteiger partial charge in [0.25, 0.3) is 5.91 Å². The Labute approximate surface area is 215 Å². The number of anilines is 1. The van der Waals surface area contributed by atoms with Gasteiger partial charge in [-0.15, -0.1) is 0 Å². The van der Waals surface area contributed by atoms with Crippen LogP contribution in [0.3, 0.4) is 0 Å². The largest absolute Gasteiger partial charge is 0.482 e. The van der Waals surface area contributed by atoms with E-state index >= 15 is 0 Å². The highest BCUT2D eigenvalue weighted by molar-refractivity contribution is 6.36. The maximum absolute atomic E-state index is 13.9. The number of carbonyl (C=O) groups excluding carboxylic acids is 1. The van der Waals surface area contributed by atoms with Gasteiger partial charge in [-0.1, -0.05) is 49.2 Å². The van der Waals surface area contributed by atoms with Crippen molar-refractivity contribution in [3.8, 4) is 16.9 Å². The molecule has 2 aromatic carbocycles. The molecule has 1 aromatic heterocycles. The first-order valence-electron chi connectivity index (χ1n) is 11.4. The lowest BCUT2D eigenvalue weighted by atomic mass is 10.0. The monoisotopic (exact) mass is 518 g/mol. The molecule has 0 aliphatic rings. The molecule has 1 unspecified atom stereocenters. The average Bonchev–Trinajstić information content (AvgIpc) is 2.85. The Kier molecular flexibility index (Phi) is 9.32. The predicted octanol–water partition coefficient (Wildman–Crippen LogP) is 5.99. The molecule has 0 aliphatic heterocycles. The van der Waals surface area contributed by atoms with Crippen molar-refractivity contribution in [1.29, 1.82) is 0 Å². The molecular weight excluding hydrogens is 490 g/mol. The summed E-state index contributed by atoms with van der Waals surface area (Å²) in [5, 5.41) is 3.14. The Hall–Kier alpha value is -2.87. The van der Waals surface area contributed by atoms with Crippen molar-refractivity contribution in [3.05, 3.63) is 75.7 Å². The number of rotatable bonds is 10. The Morgan fingerprint density at radius 2 is 1.83 bits per heavy atom. The first-order chi connectivity index (χ1) is 16.7. The molecule has 0 radical (unpaired) electrons. The molecule has 0 saturated carbocycles. The van der Waals surface area contributed by atoms with E-state index in [9.17, 15) is 9.18 Å². The van der Waals surface area contributed by atoms with E-state index in [-0.39, 0.29) is 21.8 Å². The van der Waals surface area contributed by atoms with Gasteiger partial charge >= 0.3 is 0 Å². The van der Waals surface area contributed by atoms with Crippen molar-refractivity contribution in [3.63, 3.8) is 0 Å². The van der Waals surface area contributed by atoms with Crippen LogP contribution in [0.5, 0.6) is 5.75 Å². The number of benzene rings is 2. The van der Waals surface area contributed by atoms with Crippen LogP contribution in [0.2, 0.25) is 10.0 Å². The van der Waals surface area contributed by atoms with Gasteiger partial charge in [-0.3, -0.25) is 4.79 Å².